The maximum absolute atomic E-state index is 12.4. The Morgan fingerprint density at radius 1 is 1.30 bits per heavy atom. The molecule has 1 saturated heterocycles. The van der Waals surface area contributed by atoms with Crippen LogP contribution in [-0.4, -0.2) is 25.0 Å². The van der Waals surface area contributed by atoms with Crippen LogP contribution in [0.1, 0.15) is 43.7 Å². The molecule has 0 saturated carbocycles. The minimum atomic E-state index is -0.00454. The third-order valence-electron chi connectivity index (χ3n) is 4.08. The topological polar surface area (TPSA) is 32.3 Å². The van der Waals surface area contributed by atoms with Crippen molar-refractivity contribution in [3.8, 4) is 0 Å². The highest BCUT2D eigenvalue weighted by atomic mass is 16.2. The van der Waals surface area contributed by atoms with E-state index in [-0.39, 0.29) is 11.9 Å². The van der Waals surface area contributed by atoms with Gasteiger partial charge in [-0.25, -0.2) is 0 Å². The molecule has 1 heterocycles. The molecule has 1 atom stereocenters. The lowest BCUT2D eigenvalue weighted by Crippen LogP contribution is -2.50. The number of piperidine rings is 1. The van der Waals surface area contributed by atoms with Crippen molar-refractivity contribution in [1.82, 2.24) is 5.32 Å². The molecule has 110 valence electrons. The lowest BCUT2D eigenvalue weighted by Gasteiger charge is -2.38. The third-order valence-corrected chi connectivity index (χ3v) is 4.08. The summed E-state index contributed by atoms with van der Waals surface area (Å²) in [7, 11) is 0. The number of rotatable bonds is 4. The summed E-state index contributed by atoms with van der Waals surface area (Å²) >= 11 is 0. The smallest absolute Gasteiger partial charge is 0.242 e. The molecule has 1 N–H and O–H groups in total. The van der Waals surface area contributed by atoms with Gasteiger partial charge in [-0.3, -0.25) is 4.79 Å². The van der Waals surface area contributed by atoms with Crippen LogP contribution in [0.4, 0.5) is 5.69 Å². The van der Waals surface area contributed by atoms with Crippen LogP contribution in [0.2, 0.25) is 0 Å². The van der Waals surface area contributed by atoms with Crippen LogP contribution in [0.15, 0.2) is 18.2 Å². The molecule has 0 bridgehead atoms. The van der Waals surface area contributed by atoms with Gasteiger partial charge in [-0.15, -0.1) is 0 Å². The first-order valence-corrected chi connectivity index (χ1v) is 7.75. The normalized spacial score (nSPS) is 18.9. The molecule has 1 aromatic rings. The van der Waals surface area contributed by atoms with E-state index in [2.05, 4.69) is 49.2 Å². The highest BCUT2D eigenvalue weighted by Crippen LogP contribution is 2.30. The maximum Gasteiger partial charge on any atom is 0.242 e. The van der Waals surface area contributed by atoms with Gasteiger partial charge in [-0.05, 0) is 50.7 Å². The molecule has 1 aliphatic heterocycles. The summed E-state index contributed by atoms with van der Waals surface area (Å²) in [6, 6.07) is 6.36. The van der Waals surface area contributed by atoms with Crippen molar-refractivity contribution in [2.45, 2.75) is 52.5 Å². The van der Waals surface area contributed by atoms with Crippen LogP contribution in [0.5, 0.6) is 0 Å². The van der Waals surface area contributed by atoms with Gasteiger partial charge in [0.15, 0.2) is 0 Å². The Morgan fingerprint density at radius 2 is 2.00 bits per heavy atom. The van der Waals surface area contributed by atoms with Crippen LogP contribution in [0.25, 0.3) is 0 Å². The predicted molar refractivity (Wildman–Crippen MR) is 84.2 cm³/mol. The molecule has 1 fully saturated rings. The molecule has 0 spiro atoms. The number of aryl methyl sites for hydroxylation is 2. The fourth-order valence-electron chi connectivity index (χ4n) is 3.10. The van der Waals surface area contributed by atoms with Crippen molar-refractivity contribution in [3.05, 3.63) is 29.3 Å². The van der Waals surface area contributed by atoms with Crippen molar-refractivity contribution in [2.24, 2.45) is 0 Å². The number of anilines is 1. The van der Waals surface area contributed by atoms with Gasteiger partial charge >= 0.3 is 0 Å². The quantitative estimate of drug-likeness (QED) is 0.914. The van der Waals surface area contributed by atoms with Gasteiger partial charge in [0.25, 0.3) is 0 Å². The zero-order valence-corrected chi connectivity index (χ0v) is 12.9. The van der Waals surface area contributed by atoms with Crippen LogP contribution in [0, 0.1) is 13.8 Å². The molecule has 2 rings (SSSR count). The van der Waals surface area contributed by atoms with E-state index in [0.717, 1.165) is 32.4 Å². The summed E-state index contributed by atoms with van der Waals surface area (Å²) in [5.41, 5.74) is 3.78. The van der Waals surface area contributed by atoms with Gasteiger partial charge in [-0.2, -0.15) is 0 Å². The highest BCUT2D eigenvalue weighted by molar-refractivity contribution is 5.86. The van der Waals surface area contributed by atoms with Crippen molar-refractivity contribution >= 4 is 11.6 Å². The zero-order chi connectivity index (χ0) is 14.5. The number of carbonyl (C=O) groups is 1. The average Bonchev–Trinajstić information content (AvgIpc) is 2.45. The van der Waals surface area contributed by atoms with Gasteiger partial charge in [-0.1, -0.05) is 25.1 Å². The number of hydrogen-bond acceptors (Lipinski definition) is 2. The summed E-state index contributed by atoms with van der Waals surface area (Å²) in [4.78, 5) is 14.7. The van der Waals surface area contributed by atoms with E-state index in [4.69, 9.17) is 0 Å². The number of amides is 1. The molecule has 0 radical (unpaired) electrons. The third kappa shape index (κ3) is 3.14. The Bertz CT molecular complexity index is 450. The molecule has 1 aromatic carbocycles. The van der Waals surface area contributed by atoms with E-state index < -0.39 is 0 Å². The number of hydrogen-bond donors (Lipinski definition) is 1. The summed E-state index contributed by atoms with van der Waals surface area (Å²) in [6.07, 6.45) is 4.27. The summed E-state index contributed by atoms with van der Waals surface area (Å²) < 4.78 is 0. The lowest BCUT2D eigenvalue weighted by molar-refractivity contribution is -0.122. The second-order valence-corrected chi connectivity index (χ2v) is 5.74. The van der Waals surface area contributed by atoms with E-state index in [1.807, 2.05) is 0 Å². The van der Waals surface area contributed by atoms with Crippen LogP contribution in [0.3, 0.4) is 0 Å². The molecule has 1 aliphatic rings. The maximum atomic E-state index is 12.4. The van der Waals surface area contributed by atoms with E-state index in [9.17, 15) is 4.79 Å². The Kier molecular flexibility index (Phi) is 5.05. The molecular formula is C17H26N2O. The number of nitrogens with one attached hydrogen (secondary N) is 1. The Labute approximate surface area is 122 Å². The first kappa shape index (κ1) is 14.9. The zero-order valence-electron chi connectivity index (χ0n) is 12.9. The first-order chi connectivity index (χ1) is 9.65. The predicted octanol–water partition coefficient (Wildman–Crippen LogP) is 3.19. The van der Waals surface area contributed by atoms with Crippen molar-refractivity contribution in [2.75, 3.05) is 18.0 Å². The monoisotopic (exact) mass is 274 g/mol. The van der Waals surface area contributed by atoms with Gasteiger partial charge in [0.2, 0.25) is 5.91 Å². The molecule has 0 aromatic heterocycles. The van der Waals surface area contributed by atoms with E-state index >= 15 is 0 Å². The fourth-order valence-corrected chi connectivity index (χ4v) is 3.10. The Morgan fingerprint density at radius 3 is 2.65 bits per heavy atom. The fraction of sp³-hybridized carbons (Fsp3) is 0.588. The molecule has 20 heavy (non-hydrogen) atoms. The summed E-state index contributed by atoms with van der Waals surface area (Å²) in [5.74, 6) is 0.189. The van der Waals surface area contributed by atoms with Crippen LogP contribution >= 0.6 is 0 Å². The van der Waals surface area contributed by atoms with Gasteiger partial charge in [0.1, 0.15) is 6.04 Å². The second kappa shape index (κ2) is 6.78. The number of para-hydroxylation sites is 1. The van der Waals surface area contributed by atoms with Gasteiger partial charge < -0.3 is 10.2 Å². The number of carbonyl (C=O) groups excluding carboxylic acids is 1. The number of benzene rings is 1. The summed E-state index contributed by atoms with van der Waals surface area (Å²) in [5, 5.41) is 3.06. The number of nitrogens with zero attached hydrogens (tertiary/aromatic N) is 1. The Balaban J connectivity index is 2.24. The SMILES string of the molecule is CCCNC(=O)C1CCCCN1c1c(C)cccc1C. The van der Waals surface area contributed by atoms with E-state index in [0.29, 0.717) is 0 Å². The lowest BCUT2D eigenvalue weighted by atomic mass is 9.97. The molecule has 3 nitrogen and oxygen atoms in total. The highest BCUT2D eigenvalue weighted by Gasteiger charge is 2.30. The van der Waals surface area contributed by atoms with Crippen LogP contribution in [-0.2, 0) is 4.79 Å². The second-order valence-electron chi connectivity index (χ2n) is 5.74. The van der Waals surface area contributed by atoms with Crippen LogP contribution < -0.4 is 10.2 Å². The minimum Gasteiger partial charge on any atom is -0.359 e. The van der Waals surface area contributed by atoms with E-state index in [1.54, 1.807) is 0 Å². The molecule has 0 aliphatic carbocycles. The van der Waals surface area contributed by atoms with Crippen molar-refractivity contribution < 1.29 is 4.79 Å². The molecule has 1 unspecified atom stereocenters. The molecule has 3 heteroatoms. The Hall–Kier alpha value is -1.51. The van der Waals surface area contributed by atoms with Crippen molar-refractivity contribution in [3.63, 3.8) is 0 Å². The van der Waals surface area contributed by atoms with Gasteiger partial charge in [0, 0.05) is 18.8 Å². The van der Waals surface area contributed by atoms with E-state index in [1.165, 1.54) is 23.2 Å². The first-order valence-electron chi connectivity index (χ1n) is 7.75. The average molecular weight is 274 g/mol. The molecular weight excluding hydrogens is 248 g/mol. The summed E-state index contributed by atoms with van der Waals surface area (Å²) in [6.45, 7) is 8.12. The molecule has 1 amide bonds. The standard InChI is InChI=1S/C17H26N2O/c1-4-11-18-17(20)15-10-5-6-12-19(15)16-13(2)8-7-9-14(16)3/h7-9,15H,4-6,10-12H2,1-3H3,(H,18,20). The largest absolute Gasteiger partial charge is 0.359 e. The van der Waals surface area contributed by atoms with Crippen molar-refractivity contribution in [1.29, 1.82) is 0 Å². The minimum absolute atomic E-state index is 0.00454. The van der Waals surface area contributed by atoms with Gasteiger partial charge in [0.05, 0.1) is 0 Å².